The zero-order valence-electron chi connectivity index (χ0n) is 21.2. The van der Waals surface area contributed by atoms with Crippen LogP contribution in [0, 0.1) is 10.8 Å². The maximum Gasteiger partial charge on any atom is 0.270 e. The van der Waals surface area contributed by atoms with E-state index in [1.807, 2.05) is 6.92 Å². The van der Waals surface area contributed by atoms with Gasteiger partial charge in [0.15, 0.2) is 0 Å². The lowest BCUT2D eigenvalue weighted by atomic mass is 9.82. The summed E-state index contributed by atoms with van der Waals surface area (Å²) in [5, 5.41) is 0. The number of rotatable bonds is 8. The molecule has 30 heavy (non-hydrogen) atoms. The Morgan fingerprint density at radius 1 is 1.03 bits per heavy atom. The monoisotopic (exact) mass is 414 g/mol. The minimum atomic E-state index is -0.383. The maximum atomic E-state index is 13.5. The standard InChI is InChI=1S/C27H46N2O/c1-10-27(18-11-17-25(4,5)6)28-21(3)24(30)29(27)23(16-19-26(7,8)9)22-14-12-20(2)13-15-22/h12,14,23H,10-11,13,15-19H2,1-9H3/t23-,27?/m1/s1. The van der Waals surface area contributed by atoms with E-state index >= 15 is 0 Å². The molecule has 2 rings (SSSR count). The molecule has 0 aromatic heterocycles. The van der Waals surface area contributed by atoms with Gasteiger partial charge in [-0.15, -0.1) is 0 Å². The summed E-state index contributed by atoms with van der Waals surface area (Å²) >= 11 is 0. The van der Waals surface area contributed by atoms with Crippen LogP contribution in [-0.4, -0.2) is 28.2 Å². The predicted molar refractivity (Wildman–Crippen MR) is 130 cm³/mol. The van der Waals surface area contributed by atoms with Crippen LogP contribution in [-0.2, 0) is 4.79 Å². The molecule has 2 atom stereocenters. The van der Waals surface area contributed by atoms with Gasteiger partial charge >= 0.3 is 0 Å². The second kappa shape index (κ2) is 9.40. The molecular formula is C27H46N2O. The molecule has 0 N–H and O–H groups in total. The quantitative estimate of drug-likeness (QED) is 0.405. The molecule has 0 aromatic rings. The van der Waals surface area contributed by atoms with Crippen LogP contribution in [0.1, 0.15) is 114 Å². The normalized spacial score (nSPS) is 24.0. The van der Waals surface area contributed by atoms with Gasteiger partial charge in [-0.3, -0.25) is 9.79 Å². The molecule has 0 saturated heterocycles. The molecule has 0 saturated carbocycles. The molecule has 0 spiro atoms. The third kappa shape index (κ3) is 6.31. The molecule has 0 radical (unpaired) electrons. The van der Waals surface area contributed by atoms with Crippen molar-refractivity contribution in [1.29, 1.82) is 0 Å². The number of aliphatic imine (C=N–C) groups is 1. The zero-order chi connectivity index (χ0) is 22.7. The van der Waals surface area contributed by atoms with Crippen molar-refractivity contribution in [1.82, 2.24) is 4.90 Å². The Balaban J connectivity index is 2.39. The van der Waals surface area contributed by atoms with Crippen LogP contribution in [0.2, 0.25) is 0 Å². The van der Waals surface area contributed by atoms with Crippen molar-refractivity contribution >= 4 is 11.6 Å². The first-order chi connectivity index (χ1) is 13.8. The first-order valence-corrected chi connectivity index (χ1v) is 12.0. The van der Waals surface area contributed by atoms with Crippen molar-refractivity contribution in [2.45, 2.75) is 125 Å². The second-order valence-corrected chi connectivity index (χ2v) is 12.0. The van der Waals surface area contributed by atoms with Gasteiger partial charge in [-0.2, -0.15) is 0 Å². The number of nitrogens with zero attached hydrogens (tertiary/aromatic N) is 2. The van der Waals surface area contributed by atoms with Crippen LogP contribution in [0.4, 0.5) is 0 Å². The molecule has 1 aliphatic carbocycles. The Bertz CT molecular complexity index is 714. The van der Waals surface area contributed by atoms with Gasteiger partial charge in [-0.05, 0) is 81.6 Å². The van der Waals surface area contributed by atoms with Crippen LogP contribution in [0.25, 0.3) is 0 Å². The van der Waals surface area contributed by atoms with Gasteiger partial charge in [0, 0.05) is 0 Å². The summed E-state index contributed by atoms with van der Waals surface area (Å²) in [6.45, 7) is 20.1. The lowest BCUT2D eigenvalue weighted by molar-refractivity contribution is -0.131. The van der Waals surface area contributed by atoms with Crippen LogP contribution in [0.15, 0.2) is 28.3 Å². The fourth-order valence-electron chi connectivity index (χ4n) is 4.80. The van der Waals surface area contributed by atoms with Crippen LogP contribution in [0.5, 0.6) is 0 Å². The molecular weight excluding hydrogens is 368 g/mol. The lowest BCUT2D eigenvalue weighted by Gasteiger charge is -2.43. The first-order valence-electron chi connectivity index (χ1n) is 12.0. The Labute approximate surface area is 186 Å². The average molecular weight is 415 g/mol. The van der Waals surface area contributed by atoms with E-state index in [1.165, 1.54) is 11.1 Å². The van der Waals surface area contributed by atoms with E-state index < -0.39 is 0 Å². The molecule has 3 nitrogen and oxygen atoms in total. The van der Waals surface area contributed by atoms with E-state index in [-0.39, 0.29) is 23.0 Å². The summed E-state index contributed by atoms with van der Waals surface area (Å²) in [5.74, 6) is 0.152. The summed E-state index contributed by atoms with van der Waals surface area (Å²) in [4.78, 5) is 20.7. The molecule has 0 aromatic carbocycles. The third-order valence-electron chi connectivity index (χ3n) is 6.72. The Morgan fingerprint density at radius 2 is 1.67 bits per heavy atom. The number of hydrogen-bond donors (Lipinski definition) is 0. The SMILES string of the molecule is CCC1(CCCC(C)(C)C)N=C(C)C(=O)N1[C@H](CCC(C)(C)C)C1=CC=C(C)CC1. The fraction of sp³-hybridized carbons (Fsp3) is 0.778. The Hall–Kier alpha value is -1.38. The number of carbonyl (C=O) groups is 1. The first kappa shape index (κ1) is 24.9. The van der Waals surface area contributed by atoms with E-state index in [1.54, 1.807) is 0 Å². The van der Waals surface area contributed by atoms with Crippen molar-refractivity contribution in [2.75, 3.05) is 0 Å². The largest absolute Gasteiger partial charge is 0.306 e. The Kier molecular flexibility index (Phi) is 7.80. The van der Waals surface area contributed by atoms with E-state index in [9.17, 15) is 4.79 Å². The summed E-state index contributed by atoms with van der Waals surface area (Å²) in [6.07, 6.45) is 12.9. The minimum absolute atomic E-state index is 0.150. The fourth-order valence-corrected chi connectivity index (χ4v) is 4.80. The second-order valence-electron chi connectivity index (χ2n) is 12.0. The summed E-state index contributed by atoms with van der Waals surface area (Å²) < 4.78 is 0. The Morgan fingerprint density at radius 3 is 2.17 bits per heavy atom. The number of allylic oxidation sites excluding steroid dienone is 3. The predicted octanol–water partition coefficient (Wildman–Crippen LogP) is 7.47. The maximum absolute atomic E-state index is 13.5. The van der Waals surface area contributed by atoms with E-state index in [0.29, 0.717) is 11.1 Å². The van der Waals surface area contributed by atoms with E-state index in [0.717, 1.165) is 51.4 Å². The van der Waals surface area contributed by atoms with Crippen molar-refractivity contribution in [3.8, 4) is 0 Å². The van der Waals surface area contributed by atoms with Crippen LogP contribution < -0.4 is 0 Å². The summed E-state index contributed by atoms with van der Waals surface area (Å²) in [5.41, 5.74) is 3.71. The average Bonchev–Trinajstić information content (AvgIpc) is 2.86. The molecule has 3 heteroatoms. The third-order valence-corrected chi connectivity index (χ3v) is 6.72. The smallest absolute Gasteiger partial charge is 0.270 e. The lowest BCUT2D eigenvalue weighted by Crippen LogP contribution is -2.53. The molecule has 1 unspecified atom stereocenters. The van der Waals surface area contributed by atoms with E-state index in [2.05, 4.69) is 72.4 Å². The molecule has 1 heterocycles. The molecule has 170 valence electrons. The van der Waals surface area contributed by atoms with Gasteiger partial charge in [0.2, 0.25) is 0 Å². The van der Waals surface area contributed by atoms with Crippen molar-refractivity contribution in [3.63, 3.8) is 0 Å². The topological polar surface area (TPSA) is 32.7 Å². The van der Waals surface area contributed by atoms with Crippen LogP contribution in [0.3, 0.4) is 0 Å². The van der Waals surface area contributed by atoms with E-state index in [4.69, 9.17) is 4.99 Å². The van der Waals surface area contributed by atoms with Gasteiger partial charge in [0.25, 0.3) is 5.91 Å². The van der Waals surface area contributed by atoms with Gasteiger partial charge in [-0.25, -0.2) is 0 Å². The molecule has 1 aliphatic heterocycles. The highest BCUT2D eigenvalue weighted by Crippen LogP contribution is 2.41. The van der Waals surface area contributed by atoms with Crippen molar-refractivity contribution in [3.05, 3.63) is 23.3 Å². The van der Waals surface area contributed by atoms with Gasteiger partial charge in [-0.1, -0.05) is 66.2 Å². The van der Waals surface area contributed by atoms with Crippen LogP contribution >= 0.6 is 0 Å². The highest BCUT2D eigenvalue weighted by atomic mass is 16.2. The molecule has 0 fully saturated rings. The van der Waals surface area contributed by atoms with Crippen molar-refractivity contribution in [2.24, 2.45) is 15.8 Å². The van der Waals surface area contributed by atoms with Gasteiger partial charge in [0.1, 0.15) is 5.66 Å². The number of carbonyl (C=O) groups excluding carboxylic acids is 1. The number of hydrogen-bond acceptors (Lipinski definition) is 2. The molecule has 1 amide bonds. The van der Waals surface area contributed by atoms with Gasteiger partial charge < -0.3 is 4.90 Å². The summed E-state index contributed by atoms with van der Waals surface area (Å²) in [7, 11) is 0. The minimum Gasteiger partial charge on any atom is -0.306 e. The highest BCUT2D eigenvalue weighted by molar-refractivity contribution is 6.39. The number of amides is 1. The van der Waals surface area contributed by atoms with Crippen molar-refractivity contribution < 1.29 is 4.79 Å². The molecule has 2 aliphatic rings. The zero-order valence-corrected chi connectivity index (χ0v) is 21.2. The molecule has 0 bridgehead atoms. The highest BCUT2D eigenvalue weighted by Gasteiger charge is 2.48. The van der Waals surface area contributed by atoms with Gasteiger partial charge in [0.05, 0.1) is 11.8 Å². The summed E-state index contributed by atoms with van der Waals surface area (Å²) in [6, 6.07) is 0.150.